The van der Waals surface area contributed by atoms with Crippen molar-refractivity contribution in [3.63, 3.8) is 0 Å². The minimum absolute atomic E-state index is 0.153. The minimum atomic E-state index is -0.518. The topological polar surface area (TPSA) is 93.3 Å². The molecule has 1 aliphatic heterocycles. The second kappa shape index (κ2) is 7.40. The molecule has 1 unspecified atom stereocenters. The Morgan fingerprint density at radius 2 is 2.04 bits per heavy atom. The molecule has 1 atom stereocenters. The van der Waals surface area contributed by atoms with E-state index in [4.69, 9.17) is 4.52 Å². The lowest BCUT2D eigenvalue weighted by Gasteiger charge is -2.34. The predicted octanol–water partition coefficient (Wildman–Crippen LogP) is 1.81. The summed E-state index contributed by atoms with van der Waals surface area (Å²) in [5, 5.41) is 11.0. The van der Waals surface area contributed by atoms with Gasteiger partial charge in [0.05, 0.1) is 5.69 Å². The molecule has 144 valence electrons. The summed E-state index contributed by atoms with van der Waals surface area (Å²) in [5.74, 6) is 0.816. The average Bonchev–Trinajstić information content (AvgIpc) is 3.08. The third-order valence-corrected chi connectivity index (χ3v) is 4.88. The smallest absolute Gasteiger partial charge is 0.266 e. The van der Waals surface area contributed by atoms with E-state index in [9.17, 15) is 9.59 Å². The second-order valence-electron chi connectivity index (χ2n) is 6.92. The standard InChI is InChI=1S/C20H21N5O3/c1-13-10-17(23-28-13)21-20(27)19(14-6-4-3-5-7-14)25-9-8-16-15(12-25)11-18(26)24(2)22-16/h3-7,10-11,19H,8-9,12H2,1-2H3,(H,21,23,27). The number of hydrogen-bond donors (Lipinski definition) is 1. The summed E-state index contributed by atoms with van der Waals surface area (Å²) in [6.45, 7) is 2.90. The van der Waals surface area contributed by atoms with Gasteiger partial charge in [0.1, 0.15) is 11.8 Å². The van der Waals surface area contributed by atoms with Crippen molar-refractivity contribution in [3.8, 4) is 0 Å². The van der Waals surface area contributed by atoms with Gasteiger partial charge in [-0.05, 0) is 18.1 Å². The van der Waals surface area contributed by atoms with Gasteiger partial charge in [0.25, 0.3) is 5.56 Å². The van der Waals surface area contributed by atoms with E-state index < -0.39 is 6.04 Å². The minimum Gasteiger partial charge on any atom is -0.360 e. The van der Waals surface area contributed by atoms with Crippen molar-refractivity contribution >= 4 is 11.7 Å². The third-order valence-electron chi connectivity index (χ3n) is 4.88. The van der Waals surface area contributed by atoms with Crippen LogP contribution in [-0.4, -0.2) is 32.3 Å². The normalized spacial score (nSPS) is 15.1. The highest BCUT2D eigenvalue weighted by atomic mass is 16.5. The Hall–Kier alpha value is -3.26. The summed E-state index contributed by atoms with van der Waals surface area (Å²) in [7, 11) is 1.65. The monoisotopic (exact) mass is 379 g/mol. The molecule has 1 aliphatic rings. The number of aromatic nitrogens is 3. The molecule has 28 heavy (non-hydrogen) atoms. The van der Waals surface area contributed by atoms with Crippen molar-refractivity contribution in [3.05, 3.63) is 75.4 Å². The number of nitrogens with one attached hydrogen (secondary N) is 1. The molecule has 0 fully saturated rings. The Morgan fingerprint density at radius 1 is 1.25 bits per heavy atom. The van der Waals surface area contributed by atoms with Crippen LogP contribution in [0, 0.1) is 6.92 Å². The first-order valence-corrected chi connectivity index (χ1v) is 9.10. The number of carbonyl (C=O) groups is 1. The van der Waals surface area contributed by atoms with Crippen LogP contribution in [0.15, 0.2) is 51.8 Å². The Morgan fingerprint density at radius 3 is 2.75 bits per heavy atom. The molecule has 0 radical (unpaired) electrons. The van der Waals surface area contributed by atoms with Crippen molar-refractivity contribution in [2.45, 2.75) is 25.9 Å². The van der Waals surface area contributed by atoms with Crippen LogP contribution in [0.4, 0.5) is 5.82 Å². The first kappa shape index (κ1) is 18.1. The predicted molar refractivity (Wildman–Crippen MR) is 103 cm³/mol. The fourth-order valence-corrected chi connectivity index (χ4v) is 3.52. The summed E-state index contributed by atoms with van der Waals surface area (Å²) in [6.07, 6.45) is 0.670. The molecule has 8 heteroatoms. The molecular formula is C20H21N5O3. The summed E-state index contributed by atoms with van der Waals surface area (Å²) < 4.78 is 6.39. The largest absolute Gasteiger partial charge is 0.360 e. The molecule has 3 aromatic rings. The molecule has 1 N–H and O–H groups in total. The van der Waals surface area contributed by atoms with Gasteiger partial charge < -0.3 is 9.84 Å². The zero-order chi connectivity index (χ0) is 19.7. The first-order valence-electron chi connectivity index (χ1n) is 9.10. The Labute approximate surface area is 161 Å². The van der Waals surface area contributed by atoms with Gasteiger partial charge in [-0.15, -0.1) is 0 Å². The lowest BCUT2D eigenvalue weighted by atomic mass is 9.99. The molecule has 0 spiro atoms. The maximum atomic E-state index is 13.1. The van der Waals surface area contributed by atoms with E-state index in [1.807, 2.05) is 30.3 Å². The molecule has 4 rings (SSSR count). The quantitative estimate of drug-likeness (QED) is 0.743. The third kappa shape index (κ3) is 3.59. The van der Waals surface area contributed by atoms with E-state index >= 15 is 0 Å². The number of hydrogen-bond acceptors (Lipinski definition) is 6. The number of carbonyl (C=O) groups excluding carboxylic acids is 1. The van der Waals surface area contributed by atoms with E-state index in [0.29, 0.717) is 31.1 Å². The van der Waals surface area contributed by atoms with Gasteiger partial charge in [-0.25, -0.2) is 4.68 Å². The highest BCUT2D eigenvalue weighted by Crippen LogP contribution is 2.28. The molecule has 8 nitrogen and oxygen atoms in total. The van der Waals surface area contributed by atoms with Crippen LogP contribution >= 0.6 is 0 Å². The van der Waals surface area contributed by atoms with Crippen LogP contribution in [0.25, 0.3) is 0 Å². The Kier molecular flexibility index (Phi) is 4.79. The molecule has 1 aromatic carbocycles. The fraction of sp³-hybridized carbons (Fsp3) is 0.300. The van der Waals surface area contributed by atoms with E-state index in [1.165, 1.54) is 4.68 Å². The molecular weight excluding hydrogens is 358 g/mol. The van der Waals surface area contributed by atoms with E-state index in [0.717, 1.165) is 16.8 Å². The number of aryl methyl sites for hydroxylation is 2. The molecule has 1 amide bonds. The van der Waals surface area contributed by atoms with E-state index in [1.54, 1.807) is 26.1 Å². The number of anilines is 1. The zero-order valence-electron chi connectivity index (χ0n) is 15.8. The molecule has 0 saturated carbocycles. The number of benzene rings is 1. The summed E-state index contributed by atoms with van der Waals surface area (Å²) in [5.41, 5.74) is 2.48. The lowest BCUT2D eigenvalue weighted by Crippen LogP contribution is -2.41. The number of fused-ring (bicyclic) bond motifs is 1. The van der Waals surface area contributed by atoms with Crippen LogP contribution in [0.1, 0.15) is 28.6 Å². The van der Waals surface area contributed by atoms with Crippen LogP contribution in [-0.2, 0) is 24.8 Å². The van der Waals surface area contributed by atoms with Gasteiger partial charge >= 0.3 is 0 Å². The highest BCUT2D eigenvalue weighted by Gasteiger charge is 2.31. The number of rotatable bonds is 4. The van der Waals surface area contributed by atoms with Crippen molar-refractivity contribution in [2.24, 2.45) is 7.05 Å². The van der Waals surface area contributed by atoms with Crippen LogP contribution < -0.4 is 10.9 Å². The molecule has 3 heterocycles. The van der Waals surface area contributed by atoms with Crippen molar-refractivity contribution < 1.29 is 9.32 Å². The van der Waals surface area contributed by atoms with Gasteiger partial charge in [0, 0.05) is 38.7 Å². The second-order valence-corrected chi connectivity index (χ2v) is 6.92. The molecule has 2 aromatic heterocycles. The lowest BCUT2D eigenvalue weighted by molar-refractivity contribution is -0.122. The Bertz CT molecular complexity index is 1060. The highest BCUT2D eigenvalue weighted by molar-refractivity contribution is 5.94. The average molecular weight is 379 g/mol. The van der Waals surface area contributed by atoms with Gasteiger partial charge in [-0.2, -0.15) is 5.10 Å². The molecule has 0 bridgehead atoms. The van der Waals surface area contributed by atoms with Crippen molar-refractivity contribution in [2.75, 3.05) is 11.9 Å². The van der Waals surface area contributed by atoms with Gasteiger partial charge in [0.2, 0.25) is 5.91 Å². The van der Waals surface area contributed by atoms with Crippen LogP contribution in [0.2, 0.25) is 0 Å². The van der Waals surface area contributed by atoms with Crippen molar-refractivity contribution in [1.29, 1.82) is 0 Å². The zero-order valence-corrected chi connectivity index (χ0v) is 15.8. The number of nitrogens with zero attached hydrogens (tertiary/aromatic N) is 4. The van der Waals surface area contributed by atoms with Crippen LogP contribution in [0.3, 0.4) is 0 Å². The van der Waals surface area contributed by atoms with E-state index in [-0.39, 0.29) is 11.5 Å². The van der Waals surface area contributed by atoms with Gasteiger partial charge in [-0.3, -0.25) is 14.5 Å². The SMILES string of the molecule is Cc1cc(NC(=O)C(c2ccccc2)N2CCc3nn(C)c(=O)cc3C2)no1. The fourth-order valence-electron chi connectivity index (χ4n) is 3.52. The summed E-state index contributed by atoms with van der Waals surface area (Å²) in [4.78, 5) is 27.2. The molecule has 0 aliphatic carbocycles. The van der Waals surface area contributed by atoms with Gasteiger partial charge in [0.15, 0.2) is 5.82 Å². The summed E-state index contributed by atoms with van der Waals surface area (Å²) >= 11 is 0. The number of amides is 1. The summed E-state index contributed by atoms with van der Waals surface area (Å²) in [6, 6.07) is 12.4. The maximum absolute atomic E-state index is 13.1. The van der Waals surface area contributed by atoms with E-state index in [2.05, 4.69) is 20.5 Å². The van der Waals surface area contributed by atoms with Crippen molar-refractivity contribution in [1.82, 2.24) is 19.8 Å². The maximum Gasteiger partial charge on any atom is 0.266 e. The van der Waals surface area contributed by atoms with Crippen LogP contribution in [0.5, 0.6) is 0 Å². The Balaban J connectivity index is 1.65. The van der Waals surface area contributed by atoms with Gasteiger partial charge in [-0.1, -0.05) is 35.5 Å². The molecule has 0 saturated heterocycles. The first-order chi connectivity index (χ1) is 13.5.